The molecule has 0 saturated carbocycles. The Hall–Kier alpha value is -0.960. The van der Waals surface area contributed by atoms with Crippen molar-refractivity contribution in [2.45, 2.75) is 26.7 Å². The van der Waals surface area contributed by atoms with Crippen LogP contribution in [-0.2, 0) is 12.8 Å². The molecule has 0 aliphatic carbocycles. The Morgan fingerprint density at radius 1 is 1.29 bits per heavy atom. The van der Waals surface area contributed by atoms with Gasteiger partial charge in [0.05, 0.1) is 0 Å². The maximum atomic E-state index is 4.26. The molecule has 78 valence electrons. The van der Waals surface area contributed by atoms with Crippen LogP contribution < -0.4 is 5.32 Å². The number of aromatic nitrogens is 2. The Balaban J connectivity index is 2.59. The normalized spacial score (nSPS) is 10.9. The highest BCUT2D eigenvalue weighted by molar-refractivity contribution is 5.09. The van der Waals surface area contributed by atoms with E-state index >= 15 is 0 Å². The zero-order valence-corrected chi connectivity index (χ0v) is 9.25. The van der Waals surface area contributed by atoms with Crippen LogP contribution in [0.1, 0.15) is 25.2 Å². The minimum absolute atomic E-state index is 0.655. The highest BCUT2D eigenvalue weighted by atomic mass is 14.9. The first-order chi connectivity index (χ1) is 6.72. The van der Waals surface area contributed by atoms with Gasteiger partial charge in [0.25, 0.3) is 0 Å². The van der Waals surface area contributed by atoms with Crippen molar-refractivity contribution in [1.82, 2.24) is 15.3 Å². The summed E-state index contributed by atoms with van der Waals surface area (Å²) in [4.78, 5) is 8.49. The van der Waals surface area contributed by atoms with Gasteiger partial charge in [0.15, 0.2) is 0 Å². The van der Waals surface area contributed by atoms with Gasteiger partial charge in [-0.25, -0.2) is 9.97 Å². The van der Waals surface area contributed by atoms with Gasteiger partial charge in [-0.2, -0.15) is 0 Å². The van der Waals surface area contributed by atoms with Crippen LogP contribution in [0.4, 0.5) is 0 Å². The Morgan fingerprint density at radius 2 is 2.00 bits per heavy atom. The third kappa shape index (κ3) is 3.83. The van der Waals surface area contributed by atoms with Crippen LogP contribution in [-0.4, -0.2) is 23.6 Å². The molecular formula is C11H19N3. The highest BCUT2D eigenvalue weighted by Crippen LogP contribution is 2.05. The minimum atomic E-state index is 0.655. The first-order valence-corrected chi connectivity index (χ1v) is 5.16. The van der Waals surface area contributed by atoms with Crippen LogP contribution in [0.25, 0.3) is 0 Å². The maximum Gasteiger partial charge on any atom is 0.115 e. The molecule has 0 spiro atoms. The molecule has 0 bridgehead atoms. The molecule has 0 saturated heterocycles. The monoisotopic (exact) mass is 193 g/mol. The second-order valence-electron chi connectivity index (χ2n) is 3.95. The standard InChI is InChI=1S/C11H19N3/c1-9(2)6-11-7-10(4-5-12-3)13-8-14-11/h7-9,12H,4-6H2,1-3H3. The van der Waals surface area contributed by atoms with Crippen LogP contribution in [0.5, 0.6) is 0 Å². The van der Waals surface area contributed by atoms with Gasteiger partial charge < -0.3 is 5.32 Å². The molecule has 3 heteroatoms. The third-order valence-corrected chi connectivity index (χ3v) is 2.03. The zero-order chi connectivity index (χ0) is 10.4. The Kier molecular flexibility index (Phi) is 4.53. The molecule has 0 aromatic carbocycles. The van der Waals surface area contributed by atoms with Crippen LogP contribution in [0.2, 0.25) is 0 Å². The van der Waals surface area contributed by atoms with Crippen molar-refractivity contribution in [3.05, 3.63) is 23.8 Å². The van der Waals surface area contributed by atoms with Crippen LogP contribution >= 0.6 is 0 Å². The molecule has 0 fully saturated rings. The van der Waals surface area contributed by atoms with Gasteiger partial charge in [-0.15, -0.1) is 0 Å². The fourth-order valence-corrected chi connectivity index (χ4v) is 1.36. The lowest BCUT2D eigenvalue weighted by molar-refractivity contribution is 0.631. The fourth-order valence-electron chi connectivity index (χ4n) is 1.36. The molecule has 1 N–H and O–H groups in total. The predicted molar refractivity (Wildman–Crippen MR) is 58.2 cm³/mol. The summed E-state index contributed by atoms with van der Waals surface area (Å²) in [6, 6.07) is 2.11. The molecule has 0 unspecified atom stereocenters. The van der Waals surface area contributed by atoms with Gasteiger partial charge in [-0.3, -0.25) is 0 Å². The average molecular weight is 193 g/mol. The summed E-state index contributed by atoms with van der Waals surface area (Å²) in [5.74, 6) is 0.655. The summed E-state index contributed by atoms with van der Waals surface area (Å²) in [5.41, 5.74) is 2.28. The molecule has 0 radical (unpaired) electrons. The summed E-state index contributed by atoms with van der Waals surface area (Å²) in [5, 5.41) is 3.12. The van der Waals surface area contributed by atoms with Crippen LogP contribution in [0, 0.1) is 5.92 Å². The number of hydrogen-bond donors (Lipinski definition) is 1. The average Bonchev–Trinajstić information content (AvgIpc) is 2.14. The van der Waals surface area contributed by atoms with E-state index in [0.29, 0.717) is 5.92 Å². The van der Waals surface area contributed by atoms with Crippen LogP contribution in [0.3, 0.4) is 0 Å². The molecule has 0 aliphatic rings. The van der Waals surface area contributed by atoms with Gasteiger partial charge in [0.1, 0.15) is 6.33 Å². The van der Waals surface area contributed by atoms with Gasteiger partial charge >= 0.3 is 0 Å². The lowest BCUT2D eigenvalue weighted by Gasteiger charge is -2.05. The summed E-state index contributed by atoms with van der Waals surface area (Å²) in [7, 11) is 1.95. The molecule has 0 atom stereocenters. The fraction of sp³-hybridized carbons (Fsp3) is 0.636. The molecule has 1 aromatic rings. The summed E-state index contributed by atoms with van der Waals surface area (Å²) in [6.45, 7) is 5.38. The molecular weight excluding hydrogens is 174 g/mol. The van der Waals surface area contributed by atoms with E-state index in [4.69, 9.17) is 0 Å². The minimum Gasteiger partial charge on any atom is -0.319 e. The number of rotatable bonds is 5. The van der Waals surface area contributed by atoms with E-state index in [9.17, 15) is 0 Å². The van der Waals surface area contributed by atoms with Gasteiger partial charge in [-0.05, 0) is 25.5 Å². The van der Waals surface area contributed by atoms with Crippen molar-refractivity contribution in [3.8, 4) is 0 Å². The SMILES string of the molecule is CNCCc1cc(CC(C)C)ncn1. The maximum absolute atomic E-state index is 4.26. The number of likely N-dealkylation sites (N-methyl/N-ethyl adjacent to an activating group) is 1. The quantitative estimate of drug-likeness (QED) is 0.769. The first-order valence-electron chi connectivity index (χ1n) is 5.16. The van der Waals surface area contributed by atoms with E-state index in [1.807, 2.05) is 7.05 Å². The van der Waals surface area contributed by atoms with E-state index < -0.39 is 0 Å². The van der Waals surface area contributed by atoms with Crippen molar-refractivity contribution in [2.75, 3.05) is 13.6 Å². The van der Waals surface area contributed by atoms with Crippen LogP contribution in [0.15, 0.2) is 12.4 Å². The second-order valence-corrected chi connectivity index (χ2v) is 3.95. The molecule has 0 aliphatic heterocycles. The van der Waals surface area contributed by atoms with E-state index in [-0.39, 0.29) is 0 Å². The van der Waals surface area contributed by atoms with Gasteiger partial charge in [0, 0.05) is 24.4 Å². The molecule has 14 heavy (non-hydrogen) atoms. The molecule has 1 heterocycles. The third-order valence-electron chi connectivity index (χ3n) is 2.03. The summed E-state index contributed by atoms with van der Waals surface area (Å²) < 4.78 is 0. The van der Waals surface area contributed by atoms with E-state index in [0.717, 1.165) is 30.8 Å². The number of nitrogens with one attached hydrogen (secondary N) is 1. The van der Waals surface area contributed by atoms with Crippen molar-refractivity contribution < 1.29 is 0 Å². The highest BCUT2D eigenvalue weighted by Gasteiger charge is 2.01. The van der Waals surface area contributed by atoms with Crippen molar-refractivity contribution >= 4 is 0 Å². The summed E-state index contributed by atoms with van der Waals surface area (Å²) >= 11 is 0. The predicted octanol–water partition coefficient (Wildman–Crippen LogP) is 1.44. The Morgan fingerprint density at radius 3 is 2.64 bits per heavy atom. The van der Waals surface area contributed by atoms with Crippen molar-refractivity contribution in [3.63, 3.8) is 0 Å². The summed E-state index contributed by atoms with van der Waals surface area (Å²) in [6.07, 6.45) is 3.68. The smallest absolute Gasteiger partial charge is 0.115 e. The van der Waals surface area contributed by atoms with Crippen molar-refractivity contribution in [2.24, 2.45) is 5.92 Å². The van der Waals surface area contributed by atoms with E-state index in [1.54, 1.807) is 6.33 Å². The lowest BCUT2D eigenvalue weighted by Crippen LogP contribution is -2.11. The van der Waals surface area contributed by atoms with E-state index in [1.165, 1.54) is 0 Å². The largest absolute Gasteiger partial charge is 0.319 e. The first kappa shape index (κ1) is 11.1. The van der Waals surface area contributed by atoms with E-state index in [2.05, 4.69) is 35.2 Å². The molecule has 1 aromatic heterocycles. The zero-order valence-electron chi connectivity index (χ0n) is 9.25. The van der Waals surface area contributed by atoms with Gasteiger partial charge in [0.2, 0.25) is 0 Å². The lowest BCUT2D eigenvalue weighted by atomic mass is 10.1. The number of nitrogens with zero attached hydrogens (tertiary/aromatic N) is 2. The Bertz CT molecular complexity index is 271. The Labute approximate surface area is 86.0 Å². The topological polar surface area (TPSA) is 37.8 Å². The molecule has 3 nitrogen and oxygen atoms in total. The number of hydrogen-bond acceptors (Lipinski definition) is 3. The molecule has 1 rings (SSSR count). The second kappa shape index (κ2) is 5.70. The van der Waals surface area contributed by atoms with Crippen molar-refractivity contribution in [1.29, 1.82) is 0 Å². The molecule has 0 amide bonds. The van der Waals surface area contributed by atoms with Gasteiger partial charge in [-0.1, -0.05) is 13.8 Å².